The number of anilines is 1. The Hall–Kier alpha value is -3.76. The summed E-state index contributed by atoms with van der Waals surface area (Å²) in [4.78, 5) is 40.7. The number of hydrogen-bond donors (Lipinski definition) is 2. The van der Waals surface area contributed by atoms with Gasteiger partial charge in [-0.1, -0.05) is 18.2 Å². The molecule has 2 aromatic carbocycles. The maximum absolute atomic E-state index is 13.3. The van der Waals surface area contributed by atoms with E-state index in [9.17, 15) is 14.4 Å². The summed E-state index contributed by atoms with van der Waals surface area (Å²) in [7, 11) is 1.59. The first-order valence-electron chi connectivity index (χ1n) is 13.7. The molecule has 1 aliphatic carbocycles. The lowest BCUT2D eigenvalue weighted by molar-refractivity contribution is -0.115. The standard InChI is InChI=1S/C31H33N3O5S2/c1-4-39-31(37)27-23-9-7-11-25(23)41-30(27)33-28(35)19(2)40-26-18-34(24-10-6-5-8-22(24)26)17-16-32-29(36)20-12-14-21(38-3)15-13-20/h5-6,8,10,12-15,18-19H,4,7,9,11,16-17H2,1-3H3,(H,32,36)(H,33,35)/t19-/m0/s1. The fraction of sp³-hybridized carbons (Fsp3) is 0.323. The fourth-order valence-electron chi connectivity index (χ4n) is 5.00. The largest absolute Gasteiger partial charge is 0.497 e. The number of hydrogen-bond acceptors (Lipinski definition) is 7. The number of amides is 2. The van der Waals surface area contributed by atoms with Gasteiger partial charge in [-0.05, 0) is 69.0 Å². The average Bonchev–Trinajstić information content (AvgIpc) is 3.66. The van der Waals surface area contributed by atoms with E-state index in [2.05, 4.69) is 15.2 Å². The normalized spacial score (nSPS) is 13.0. The smallest absolute Gasteiger partial charge is 0.341 e. The number of aromatic nitrogens is 1. The topological polar surface area (TPSA) is 98.7 Å². The molecular formula is C31H33N3O5S2. The van der Waals surface area contributed by atoms with Crippen LogP contribution in [-0.4, -0.2) is 47.9 Å². The minimum atomic E-state index is -0.406. The van der Waals surface area contributed by atoms with Crippen molar-refractivity contribution in [2.75, 3.05) is 25.6 Å². The van der Waals surface area contributed by atoms with Crippen LogP contribution in [-0.2, 0) is 28.9 Å². The second kappa shape index (κ2) is 12.8. The van der Waals surface area contributed by atoms with Gasteiger partial charge in [0.05, 0.1) is 24.5 Å². The first-order chi connectivity index (χ1) is 19.9. The van der Waals surface area contributed by atoms with Crippen molar-refractivity contribution in [2.24, 2.45) is 0 Å². The van der Waals surface area contributed by atoms with E-state index in [1.54, 1.807) is 38.3 Å². The van der Waals surface area contributed by atoms with Crippen LogP contribution in [0.2, 0.25) is 0 Å². The van der Waals surface area contributed by atoms with Gasteiger partial charge in [-0.3, -0.25) is 9.59 Å². The molecule has 0 saturated carbocycles. The minimum absolute atomic E-state index is 0.147. The predicted octanol–water partition coefficient (Wildman–Crippen LogP) is 5.93. The van der Waals surface area contributed by atoms with E-state index < -0.39 is 5.25 Å². The number of carbonyl (C=O) groups excluding carboxylic acids is 3. The van der Waals surface area contributed by atoms with Gasteiger partial charge in [-0.25, -0.2) is 4.79 Å². The number of para-hydroxylation sites is 1. The summed E-state index contributed by atoms with van der Waals surface area (Å²) < 4.78 is 12.6. The maximum atomic E-state index is 13.3. The van der Waals surface area contributed by atoms with E-state index in [4.69, 9.17) is 9.47 Å². The second-order valence-corrected chi connectivity index (χ2v) is 12.2. The summed E-state index contributed by atoms with van der Waals surface area (Å²) in [5, 5.41) is 7.22. The number of esters is 1. The van der Waals surface area contributed by atoms with E-state index in [0.29, 0.717) is 41.6 Å². The van der Waals surface area contributed by atoms with Gasteiger partial charge < -0.3 is 24.7 Å². The first-order valence-corrected chi connectivity index (χ1v) is 15.4. The zero-order chi connectivity index (χ0) is 28.9. The number of aryl methyl sites for hydroxylation is 1. The van der Waals surface area contributed by atoms with E-state index in [1.807, 2.05) is 37.4 Å². The van der Waals surface area contributed by atoms with Crippen molar-refractivity contribution in [3.8, 4) is 5.75 Å². The van der Waals surface area contributed by atoms with Crippen molar-refractivity contribution in [1.29, 1.82) is 0 Å². The Morgan fingerprint density at radius 3 is 2.63 bits per heavy atom. The van der Waals surface area contributed by atoms with Crippen LogP contribution in [0.15, 0.2) is 59.6 Å². The molecule has 41 heavy (non-hydrogen) atoms. The number of fused-ring (bicyclic) bond motifs is 2. The third kappa shape index (κ3) is 6.28. The van der Waals surface area contributed by atoms with Crippen molar-refractivity contribution in [3.63, 3.8) is 0 Å². The Morgan fingerprint density at radius 2 is 1.88 bits per heavy atom. The number of carbonyl (C=O) groups is 3. The Kier molecular flexibility index (Phi) is 8.99. The van der Waals surface area contributed by atoms with Crippen LogP contribution in [0.3, 0.4) is 0 Å². The molecule has 0 spiro atoms. The molecular weight excluding hydrogens is 558 g/mol. The number of nitrogens with zero attached hydrogens (tertiary/aromatic N) is 1. The third-order valence-corrected chi connectivity index (χ3v) is 9.41. The van der Waals surface area contributed by atoms with Crippen molar-refractivity contribution in [2.45, 2.75) is 49.8 Å². The first kappa shape index (κ1) is 28.8. The summed E-state index contributed by atoms with van der Waals surface area (Å²) in [6.45, 7) is 4.97. The molecule has 0 radical (unpaired) electrons. The van der Waals surface area contributed by atoms with Gasteiger partial charge in [-0.2, -0.15) is 0 Å². The molecule has 0 bridgehead atoms. The SMILES string of the molecule is CCOC(=O)c1c(NC(=O)[C@H](C)Sc2cn(CCNC(=O)c3ccc(OC)cc3)c3ccccc23)sc2c1CCC2. The van der Waals surface area contributed by atoms with Crippen LogP contribution in [0, 0.1) is 0 Å². The molecule has 0 saturated heterocycles. The highest BCUT2D eigenvalue weighted by atomic mass is 32.2. The molecule has 2 heterocycles. The highest BCUT2D eigenvalue weighted by molar-refractivity contribution is 8.00. The van der Waals surface area contributed by atoms with Crippen LogP contribution in [0.25, 0.3) is 10.9 Å². The Morgan fingerprint density at radius 1 is 1.10 bits per heavy atom. The molecule has 2 amide bonds. The van der Waals surface area contributed by atoms with Crippen LogP contribution in [0.4, 0.5) is 5.00 Å². The minimum Gasteiger partial charge on any atom is -0.497 e. The molecule has 8 nitrogen and oxygen atoms in total. The van der Waals surface area contributed by atoms with Crippen molar-refractivity contribution >= 4 is 56.8 Å². The highest BCUT2D eigenvalue weighted by Crippen LogP contribution is 2.40. The molecule has 214 valence electrons. The van der Waals surface area contributed by atoms with Crippen LogP contribution < -0.4 is 15.4 Å². The summed E-state index contributed by atoms with van der Waals surface area (Å²) in [6.07, 6.45) is 4.80. The monoisotopic (exact) mass is 591 g/mol. The highest BCUT2D eigenvalue weighted by Gasteiger charge is 2.29. The van der Waals surface area contributed by atoms with Gasteiger partial charge in [0.15, 0.2) is 0 Å². The Bertz CT molecular complexity index is 1570. The molecule has 1 atom stereocenters. The molecule has 1 aliphatic rings. The summed E-state index contributed by atoms with van der Waals surface area (Å²) >= 11 is 2.96. The second-order valence-electron chi connectivity index (χ2n) is 9.72. The summed E-state index contributed by atoms with van der Waals surface area (Å²) in [6, 6.07) is 15.0. The summed E-state index contributed by atoms with van der Waals surface area (Å²) in [5.41, 5.74) is 3.14. The lowest BCUT2D eigenvalue weighted by atomic mass is 10.1. The van der Waals surface area contributed by atoms with Crippen LogP contribution in [0.1, 0.15) is 51.4 Å². The van der Waals surface area contributed by atoms with Crippen LogP contribution >= 0.6 is 23.1 Å². The van der Waals surface area contributed by atoms with Gasteiger partial charge in [0.2, 0.25) is 5.91 Å². The number of nitrogens with one attached hydrogen (secondary N) is 2. The Balaban J connectivity index is 1.26. The zero-order valence-corrected chi connectivity index (χ0v) is 25.0. The van der Waals surface area contributed by atoms with Crippen molar-refractivity contribution in [3.05, 3.63) is 76.3 Å². The van der Waals surface area contributed by atoms with Crippen LogP contribution in [0.5, 0.6) is 5.75 Å². The van der Waals surface area contributed by atoms with Gasteiger partial charge in [0.25, 0.3) is 5.91 Å². The number of methoxy groups -OCH3 is 1. The zero-order valence-electron chi connectivity index (χ0n) is 23.3. The number of rotatable bonds is 11. The Labute approximate surface area is 247 Å². The maximum Gasteiger partial charge on any atom is 0.341 e. The molecule has 5 rings (SSSR count). The molecule has 0 aliphatic heterocycles. The quantitative estimate of drug-likeness (QED) is 0.166. The molecule has 2 aromatic heterocycles. The van der Waals surface area contributed by atoms with E-state index >= 15 is 0 Å². The van der Waals surface area contributed by atoms with E-state index in [0.717, 1.165) is 45.5 Å². The van der Waals surface area contributed by atoms with Gasteiger partial charge in [0, 0.05) is 45.5 Å². The molecule has 0 fully saturated rings. The molecule has 4 aromatic rings. The van der Waals surface area contributed by atoms with Crippen molar-refractivity contribution < 1.29 is 23.9 Å². The van der Waals surface area contributed by atoms with Gasteiger partial charge in [-0.15, -0.1) is 23.1 Å². The van der Waals surface area contributed by atoms with Gasteiger partial charge >= 0.3 is 5.97 Å². The predicted molar refractivity (Wildman–Crippen MR) is 164 cm³/mol. The number of benzene rings is 2. The number of thiophene rings is 1. The number of ether oxygens (including phenoxy) is 2. The average molecular weight is 592 g/mol. The lowest BCUT2D eigenvalue weighted by Gasteiger charge is -2.12. The number of thioether (sulfide) groups is 1. The fourth-order valence-corrected chi connectivity index (χ4v) is 7.31. The van der Waals surface area contributed by atoms with E-state index in [1.165, 1.54) is 23.1 Å². The van der Waals surface area contributed by atoms with E-state index in [-0.39, 0.29) is 17.8 Å². The molecule has 0 unspecified atom stereocenters. The third-order valence-electron chi connectivity index (χ3n) is 7.05. The molecule has 2 N–H and O–H groups in total. The summed E-state index contributed by atoms with van der Waals surface area (Å²) in [5.74, 6) is 0.0197. The molecule has 10 heteroatoms. The van der Waals surface area contributed by atoms with Gasteiger partial charge in [0.1, 0.15) is 10.8 Å². The lowest BCUT2D eigenvalue weighted by Crippen LogP contribution is -2.27. The van der Waals surface area contributed by atoms with Crippen molar-refractivity contribution in [1.82, 2.24) is 9.88 Å².